The summed E-state index contributed by atoms with van der Waals surface area (Å²) in [6, 6.07) is 4.98. The van der Waals surface area contributed by atoms with Crippen LogP contribution in [-0.4, -0.2) is 19.3 Å². The second kappa shape index (κ2) is 4.96. The molecule has 94 valence electrons. The second-order valence-electron chi connectivity index (χ2n) is 3.96. The van der Waals surface area contributed by atoms with E-state index in [-0.39, 0.29) is 11.9 Å². The van der Waals surface area contributed by atoms with Gasteiger partial charge in [-0.2, -0.15) is 13.2 Å². The normalized spacial score (nSPS) is 18.1. The lowest BCUT2D eigenvalue weighted by Crippen LogP contribution is -2.25. The monoisotopic (exact) mass is 246 g/mol. The SMILES string of the molecule is FC(F)(F)c1cccc(OC2CCOCC2)c1. The molecule has 0 aliphatic carbocycles. The molecule has 1 heterocycles. The molecule has 1 aliphatic heterocycles. The molecule has 1 aromatic carbocycles. The van der Waals surface area contributed by atoms with Crippen molar-refractivity contribution in [1.82, 2.24) is 0 Å². The number of benzene rings is 1. The molecule has 0 bridgehead atoms. The van der Waals surface area contributed by atoms with Crippen LogP contribution in [0.4, 0.5) is 13.2 Å². The average molecular weight is 246 g/mol. The van der Waals surface area contributed by atoms with Crippen LogP contribution in [0.15, 0.2) is 24.3 Å². The molecule has 1 fully saturated rings. The first-order chi connectivity index (χ1) is 8.05. The molecule has 0 radical (unpaired) electrons. The summed E-state index contributed by atoms with van der Waals surface area (Å²) < 4.78 is 48.1. The fraction of sp³-hybridized carbons (Fsp3) is 0.500. The molecular formula is C12H13F3O2. The lowest BCUT2D eigenvalue weighted by molar-refractivity contribution is -0.137. The maximum atomic E-state index is 12.5. The molecule has 0 amide bonds. The van der Waals surface area contributed by atoms with Crippen LogP contribution < -0.4 is 4.74 Å². The number of hydrogen-bond donors (Lipinski definition) is 0. The Hall–Kier alpha value is -1.23. The number of alkyl halides is 3. The van der Waals surface area contributed by atoms with Gasteiger partial charge in [-0.15, -0.1) is 0 Å². The van der Waals surface area contributed by atoms with Crippen LogP contribution in [0.3, 0.4) is 0 Å². The van der Waals surface area contributed by atoms with Gasteiger partial charge >= 0.3 is 6.18 Å². The molecule has 5 heteroatoms. The minimum absolute atomic E-state index is 0.0489. The van der Waals surface area contributed by atoms with E-state index in [0.717, 1.165) is 25.0 Å². The molecule has 1 aliphatic rings. The highest BCUT2D eigenvalue weighted by Gasteiger charge is 2.30. The maximum Gasteiger partial charge on any atom is 0.416 e. The van der Waals surface area contributed by atoms with Crippen molar-refractivity contribution in [2.24, 2.45) is 0 Å². The van der Waals surface area contributed by atoms with E-state index in [9.17, 15) is 13.2 Å². The van der Waals surface area contributed by atoms with Crippen LogP contribution in [0.5, 0.6) is 5.75 Å². The van der Waals surface area contributed by atoms with Crippen molar-refractivity contribution in [2.45, 2.75) is 25.1 Å². The Morgan fingerprint density at radius 1 is 1.18 bits per heavy atom. The van der Waals surface area contributed by atoms with Crippen molar-refractivity contribution in [3.63, 3.8) is 0 Å². The van der Waals surface area contributed by atoms with E-state index in [0.29, 0.717) is 13.2 Å². The fourth-order valence-corrected chi connectivity index (χ4v) is 1.73. The van der Waals surface area contributed by atoms with Gasteiger partial charge < -0.3 is 9.47 Å². The highest BCUT2D eigenvalue weighted by atomic mass is 19.4. The van der Waals surface area contributed by atoms with Crippen LogP contribution in [0.2, 0.25) is 0 Å². The summed E-state index contributed by atoms with van der Waals surface area (Å²) in [4.78, 5) is 0. The van der Waals surface area contributed by atoms with Crippen molar-refractivity contribution in [1.29, 1.82) is 0 Å². The van der Waals surface area contributed by atoms with Crippen molar-refractivity contribution in [2.75, 3.05) is 13.2 Å². The highest BCUT2D eigenvalue weighted by Crippen LogP contribution is 2.31. The second-order valence-corrected chi connectivity index (χ2v) is 3.96. The van der Waals surface area contributed by atoms with Crippen LogP contribution in [0, 0.1) is 0 Å². The van der Waals surface area contributed by atoms with Gasteiger partial charge in [0.2, 0.25) is 0 Å². The van der Waals surface area contributed by atoms with E-state index in [1.54, 1.807) is 6.07 Å². The number of hydrogen-bond acceptors (Lipinski definition) is 2. The summed E-state index contributed by atoms with van der Waals surface area (Å²) in [6.45, 7) is 1.20. The molecule has 2 rings (SSSR count). The first kappa shape index (κ1) is 12.2. The minimum atomic E-state index is -4.32. The molecule has 1 aromatic rings. The third kappa shape index (κ3) is 3.36. The minimum Gasteiger partial charge on any atom is -0.490 e. The topological polar surface area (TPSA) is 18.5 Å². The lowest BCUT2D eigenvalue weighted by Gasteiger charge is -2.23. The summed E-state index contributed by atoms with van der Waals surface area (Å²) in [5.74, 6) is 0.270. The number of halogens is 3. The van der Waals surface area contributed by atoms with Gasteiger partial charge in [-0.1, -0.05) is 6.07 Å². The van der Waals surface area contributed by atoms with Crippen LogP contribution in [-0.2, 0) is 10.9 Å². The Morgan fingerprint density at radius 3 is 2.53 bits per heavy atom. The standard InChI is InChI=1S/C12H13F3O2/c13-12(14,15)9-2-1-3-11(8-9)17-10-4-6-16-7-5-10/h1-3,8,10H,4-7H2. The van der Waals surface area contributed by atoms with E-state index in [4.69, 9.17) is 9.47 Å². The van der Waals surface area contributed by atoms with E-state index in [1.807, 2.05) is 0 Å². The van der Waals surface area contributed by atoms with Gasteiger partial charge in [-0.05, 0) is 18.2 Å². The smallest absolute Gasteiger partial charge is 0.416 e. The van der Waals surface area contributed by atoms with Gasteiger partial charge in [0.05, 0.1) is 18.8 Å². The molecule has 0 atom stereocenters. The van der Waals surface area contributed by atoms with Crippen LogP contribution in [0.1, 0.15) is 18.4 Å². The molecule has 17 heavy (non-hydrogen) atoms. The zero-order valence-corrected chi connectivity index (χ0v) is 9.17. The van der Waals surface area contributed by atoms with Crippen LogP contribution >= 0.6 is 0 Å². The molecule has 0 spiro atoms. The zero-order chi connectivity index (χ0) is 12.3. The van der Waals surface area contributed by atoms with E-state index in [2.05, 4.69) is 0 Å². The Labute approximate surface area is 97.3 Å². The summed E-state index contributed by atoms with van der Waals surface area (Å²) >= 11 is 0. The summed E-state index contributed by atoms with van der Waals surface area (Å²) in [5.41, 5.74) is -0.679. The predicted octanol–water partition coefficient (Wildman–Crippen LogP) is 3.26. The van der Waals surface area contributed by atoms with Crippen molar-refractivity contribution in [3.8, 4) is 5.75 Å². The predicted molar refractivity (Wildman–Crippen MR) is 55.9 cm³/mol. The Bertz CT molecular complexity index is 370. The first-order valence-electron chi connectivity index (χ1n) is 5.47. The molecule has 1 saturated heterocycles. The van der Waals surface area contributed by atoms with Crippen LogP contribution in [0.25, 0.3) is 0 Å². The molecule has 0 unspecified atom stereocenters. The van der Waals surface area contributed by atoms with Gasteiger partial charge in [0.15, 0.2) is 0 Å². The average Bonchev–Trinajstić information content (AvgIpc) is 2.29. The first-order valence-corrected chi connectivity index (χ1v) is 5.47. The van der Waals surface area contributed by atoms with E-state index in [1.165, 1.54) is 6.07 Å². The summed E-state index contributed by atoms with van der Waals surface area (Å²) in [6.07, 6.45) is -2.94. The summed E-state index contributed by atoms with van der Waals surface area (Å²) in [7, 11) is 0. The van der Waals surface area contributed by atoms with Gasteiger partial charge in [0.1, 0.15) is 11.9 Å². The third-order valence-electron chi connectivity index (χ3n) is 2.63. The molecule has 0 aromatic heterocycles. The Morgan fingerprint density at radius 2 is 1.88 bits per heavy atom. The van der Waals surface area contributed by atoms with Gasteiger partial charge in [-0.3, -0.25) is 0 Å². The van der Waals surface area contributed by atoms with Gasteiger partial charge in [-0.25, -0.2) is 0 Å². The molecular weight excluding hydrogens is 233 g/mol. The van der Waals surface area contributed by atoms with Crippen molar-refractivity contribution in [3.05, 3.63) is 29.8 Å². The van der Waals surface area contributed by atoms with E-state index < -0.39 is 11.7 Å². The third-order valence-corrected chi connectivity index (χ3v) is 2.63. The van der Waals surface area contributed by atoms with E-state index >= 15 is 0 Å². The van der Waals surface area contributed by atoms with Gasteiger partial charge in [0.25, 0.3) is 0 Å². The fourth-order valence-electron chi connectivity index (χ4n) is 1.73. The maximum absolute atomic E-state index is 12.5. The quantitative estimate of drug-likeness (QED) is 0.797. The van der Waals surface area contributed by atoms with Gasteiger partial charge in [0, 0.05) is 12.8 Å². The largest absolute Gasteiger partial charge is 0.490 e. The molecule has 0 saturated carbocycles. The lowest BCUT2D eigenvalue weighted by atomic mass is 10.1. The Kier molecular flexibility index (Phi) is 3.57. The molecule has 0 N–H and O–H groups in total. The van der Waals surface area contributed by atoms with Crippen molar-refractivity contribution < 1.29 is 22.6 Å². The summed E-state index contributed by atoms with van der Waals surface area (Å²) in [5, 5.41) is 0. The Balaban J connectivity index is 2.05. The number of ether oxygens (including phenoxy) is 2. The highest BCUT2D eigenvalue weighted by molar-refractivity contribution is 5.30. The molecule has 2 nitrogen and oxygen atoms in total. The van der Waals surface area contributed by atoms with Crippen molar-refractivity contribution >= 4 is 0 Å². The number of rotatable bonds is 2. The zero-order valence-electron chi connectivity index (χ0n) is 9.17.